The fourth-order valence-corrected chi connectivity index (χ4v) is 3.73. The number of rotatable bonds is 7. The number of nitrogens with one attached hydrogen (secondary N) is 2. The highest BCUT2D eigenvalue weighted by atomic mass is 16.5. The van der Waals surface area contributed by atoms with Crippen LogP contribution in [0.5, 0.6) is 0 Å². The van der Waals surface area contributed by atoms with E-state index in [4.69, 9.17) is 4.74 Å². The van der Waals surface area contributed by atoms with Crippen LogP contribution in [-0.4, -0.2) is 47.8 Å². The van der Waals surface area contributed by atoms with Gasteiger partial charge in [0.25, 0.3) is 0 Å². The summed E-state index contributed by atoms with van der Waals surface area (Å²) < 4.78 is 6.68. The van der Waals surface area contributed by atoms with E-state index in [-0.39, 0.29) is 5.69 Å². The third-order valence-electron chi connectivity index (χ3n) is 5.29. The van der Waals surface area contributed by atoms with Gasteiger partial charge in [-0.3, -0.25) is 0 Å². The Kier molecular flexibility index (Phi) is 5.69. The van der Waals surface area contributed by atoms with Gasteiger partial charge in [0.1, 0.15) is 5.82 Å². The zero-order chi connectivity index (χ0) is 23.5. The Morgan fingerprint density at radius 2 is 1.88 bits per heavy atom. The molecule has 5 rings (SSSR count). The average Bonchev–Trinajstić information content (AvgIpc) is 3.53. The second-order valence-corrected chi connectivity index (χ2v) is 7.63. The maximum absolute atomic E-state index is 12.1. The Hall–Kier alpha value is -4.60. The van der Waals surface area contributed by atoms with Gasteiger partial charge in [-0.25, -0.2) is 9.78 Å². The minimum absolute atomic E-state index is 0.229. The van der Waals surface area contributed by atoms with Gasteiger partial charge < -0.3 is 10.1 Å². The summed E-state index contributed by atoms with van der Waals surface area (Å²) in [6, 6.07) is 19.7. The summed E-state index contributed by atoms with van der Waals surface area (Å²) in [7, 11) is 0. The lowest BCUT2D eigenvalue weighted by molar-refractivity contribution is 0.0519. The summed E-state index contributed by atoms with van der Waals surface area (Å²) in [5.74, 6) is 0.831. The lowest BCUT2D eigenvalue weighted by atomic mass is 9.98. The van der Waals surface area contributed by atoms with Crippen molar-refractivity contribution in [1.82, 2.24) is 35.2 Å². The first kappa shape index (κ1) is 21.3. The second-order valence-electron chi connectivity index (χ2n) is 7.63. The molecule has 170 valence electrons. The minimum atomic E-state index is -0.465. The maximum atomic E-state index is 12.1. The van der Waals surface area contributed by atoms with Gasteiger partial charge in [-0.05, 0) is 35.8 Å². The van der Waals surface area contributed by atoms with Crippen molar-refractivity contribution in [3.8, 4) is 22.5 Å². The maximum Gasteiger partial charge on any atom is 0.358 e. The van der Waals surface area contributed by atoms with Crippen molar-refractivity contribution in [3.05, 3.63) is 77.6 Å². The Morgan fingerprint density at radius 3 is 2.62 bits per heavy atom. The van der Waals surface area contributed by atoms with Gasteiger partial charge in [-0.1, -0.05) is 48.5 Å². The van der Waals surface area contributed by atoms with Crippen molar-refractivity contribution in [3.63, 3.8) is 0 Å². The molecule has 0 saturated carbocycles. The van der Waals surface area contributed by atoms with Crippen LogP contribution in [0.4, 0.5) is 5.82 Å². The smallest absolute Gasteiger partial charge is 0.358 e. The molecule has 10 heteroatoms. The topological polar surface area (TPSA) is 123 Å². The summed E-state index contributed by atoms with van der Waals surface area (Å²) >= 11 is 0. The number of ether oxygens (including phenoxy) is 1. The Morgan fingerprint density at radius 1 is 1.09 bits per heavy atom. The predicted octanol–water partition coefficient (Wildman–Crippen LogP) is 3.67. The van der Waals surface area contributed by atoms with Crippen molar-refractivity contribution < 1.29 is 9.53 Å². The van der Waals surface area contributed by atoms with E-state index in [1.807, 2.05) is 37.3 Å². The van der Waals surface area contributed by atoms with Crippen molar-refractivity contribution >= 4 is 17.4 Å². The number of carbonyl (C=O) groups is 1. The van der Waals surface area contributed by atoms with Gasteiger partial charge in [0.2, 0.25) is 5.82 Å². The molecule has 0 fully saturated rings. The van der Waals surface area contributed by atoms with Crippen molar-refractivity contribution in [2.75, 3.05) is 11.9 Å². The van der Waals surface area contributed by atoms with E-state index in [1.54, 1.807) is 17.5 Å². The molecule has 5 aromatic rings. The monoisotopic (exact) mass is 454 g/mol. The molecule has 0 bridgehead atoms. The lowest BCUT2D eigenvalue weighted by Gasteiger charge is -2.11. The molecule has 0 aliphatic rings. The number of carbonyl (C=O) groups excluding carboxylic acids is 1. The predicted molar refractivity (Wildman–Crippen MR) is 126 cm³/mol. The first-order chi connectivity index (χ1) is 16.6. The van der Waals surface area contributed by atoms with Crippen LogP contribution < -0.4 is 5.32 Å². The first-order valence-electron chi connectivity index (χ1n) is 10.8. The Bertz CT molecular complexity index is 1440. The van der Waals surface area contributed by atoms with Crippen LogP contribution in [0, 0.1) is 6.92 Å². The van der Waals surface area contributed by atoms with Gasteiger partial charge in [-0.15, -0.1) is 10.2 Å². The number of tetrazole rings is 1. The van der Waals surface area contributed by atoms with E-state index in [0.717, 1.165) is 33.8 Å². The van der Waals surface area contributed by atoms with Crippen molar-refractivity contribution in [2.24, 2.45) is 0 Å². The molecule has 0 aliphatic carbocycles. The third kappa shape index (κ3) is 4.20. The molecule has 0 spiro atoms. The number of hydrogen-bond acceptors (Lipinski definition) is 8. The van der Waals surface area contributed by atoms with E-state index in [0.29, 0.717) is 24.6 Å². The lowest BCUT2D eigenvalue weighted by Crippen LogP contribution is -2.08. The van der Waals surface area contributed by atoms with Crippen molar-refractivity contribution in [1.29, 1.82) is 0 Å². The number of fused-ring (bicyclic) bond motifs is 1. The highest BCUT2D eigenvalue weighted by molar-refractivity contribution is 5.88. The molecule has 3 aromatic heterocycles. The fraction of sp³-hybridized carbons (Fsp3) is 0.167. The molecule has 0 radical (unpaired) electrons. The molecule has 10 nitrogen and oxygen atoms in total. The number of anilines is 1. The zero-order valence-electron chi connectivity index (χ0n) is 18.7. The molecule has 2 aromatic carbocycles. The summed E-state index contributed by atoms with van der Waals surface area (Å²) in [6.45, 7) is 4.52. The van der Waals surface area contributed by atoms with E-state index < -0.39 is 5.97 Å². The summed E-state index contributed by atoms with van der Waals surface area (Å²) in [6.07, 6.45) is 0. The molecule has 2 N–H and O–H groups in total. The van der Waals surface area contributed by atoms with Gasteiger partial charge in [-0.2, -0.15) is 14.8 Å². The number of hydrogen-bond donors (Lipinski definition) is 2. The Balaban J connectivity index is 1.37. The normalized spacial score (nSPS) is 11.0. The summed E-state index contributed by atoms with van der Waals surface area (Å²) in [5.41, 5.74) is 5.70. The quantitative estimate of drug-likeness (QED) is 0.357. The molecule has 3 heterocycles. The molecular formula is C24H22N8O2. The minimum Gasteiger partial charge on any atom is -0.461 e. The molecular weight excluding hydrogens is 432 g/mol. The number of benzene rings is 2. The number of aromatic amines is 1. The molecule has 0 atom stereocenters. The highest BCUT2D eigenvalue weighted by Crippen LogP contribution is 2.29. The number of nitrogens with zero attached hydrogens (tertiary/aromatic N) is 6. The summed E-state index contributed by atoms with van der Waals surface area (Å²) in [5, 5.41) is 22.2. The SMILES string of the molecule is CCOC(=O)c1cc2nc(C)cc(NCc3ccc(-c4ccccc4-c4nn[nH]n4)cc3)n2n1. The molecule has 0 saturated heterocycles. The van der Waals surface area contributed by atoms with E-state index in [1.165, 1.54) is 0 Å². The fourth-order valence-electron chi connectivity index (χ4n) is 3.73. The molecule has 0 unspecified atom stereocenters. The number of H-pyrrole nitrogens is 1. The molecule has 0 aliphatic heterocycles. The van der Waals surface area contributed by atoms with Crippen LogP contribution in [0.2, 0.25) is 0 Å². The molecule has 34 heavy (non-hydrogen) atoms. The van der Waals surface area contributed by atoms with Gasteiger partial charge in [0, 0.05) is 29.9 Å². The highest BCUT2D eigenvalue weighted by Gasteiger charge is 2.15. The van der Waals surface area contributed by atoms with Gasteiger partial charge in [0.05, 0.1) is 6.61 Å². The van der Waals surface area contributed by atoms with E-state index >= 15 is 0 Å². The first-order valence-corrected chi connectivity index (χ1v) is 10.8. The number of esters is 1. The summed E-state index contributed by atoms with van der Waals surface area (Å²) in [4.78, 5) is 16.5. The third-order valence-corrected chi connectivity index (χ3v) is 5.29. The average molecular weight is 454 g/mol. The van der Waals surface area contributed by atoms with Crippen LogP contribution in [0.1, 0.15) is 28.7 Å². The Labute approximate surface area is 195 Å². The zero-order valence-corrected chi connectivity index (χ0v) is 18.7. The van der Waals surface area contributed by atoms with Crippen LogP contribution in [0.25, 0.3) is 28.2 Å². The van der Waals surface area contributed by atoms with Crippen LogP contribution >= 0.6 is 0 Å². The van der Waals surface area contributed by atoms with Gasteiger partial charge in [0.15, 0.2) is 11.3 Å². The standard InChI is InChI=1S/C24H22N8O2/c1-3-34-24(33)20-13-22-26-15(2)12-21(32(22)29-20)25-14-16-8-10-17(11-9-16)18-6-4-5-7-19(18)23-27-30-31-28-23/h4-13,25H,3,14H2,1-2H3,(H,27,28,30,31). The van der Waals surface area contributed by atoms with Gasteiger partial charge >= 0.3 is 5.97 Å². The van der Waals surface area contributed by atoms with E-state index in [2.05, 4.69) is 60.3 Å². The number of aryl methyl sites for hydroxylation is 1. The van der Waals surface area contributed by atoms with Crippen LogP contribution in [0.3, 0.4) is 0 Å². The number of aromatic nitrogens is 7. The van der Waals surface area contributed by atoms with Crippen LogP contribution in [0.15, 0.2) is 60.7 Å². The largest absolute Gasteiger partial charge is 0.461 e. The van der Waals surface area contributed by atoms with Crippen LogP contribution in [-0.2, 0) is 11.3 Å². The van der Waals surface area contributed by atoms with Crippen molar-refractivity contribution in [2.45, 2.75) is 20.4 Å². The van der Waals surface area contributed by atoms with E-state index in [9.17, 15) is 4.79 Å². The second kappa shape index (κ2) is 9.10. The molecule has 0 amide bonds.